The molecule has 1 aliphatic heterocycles. The zero-order valence-electron chi connectivity index (χ0n) is 13.9. The van der Waals surface area contributed by atoms with Crippen LogP contribution in [0.15, 0.2) is 0 Å². The molecular weight excluding hydrogens is 276 g/mol. The summed E-state index contributed by atoms with van der Waals surface area (Å²) in [4.78, 5) is 11.9. The number of carbonyl (C=O) groups is 1. The van der Waals surface area contributed by atoms with E-state index in [0.29, 0.717) is 6.42 Å². The Morgan fingerprint density at radius 2 is 1.81 bits per heavy atom. The molecule has 0 saturated carbocycles. The quantitative estimate of drug-likeness (QED) is 0.531. The van der Waals surface area contributed by atoms with Gasteiger partial charge in [-0.3, -0.25) is 4.79 Å². The molecule has 1 rings (SSSR count). The SMILES string of the molecule is CCC(C)(C)C(=O)OC1COC(OC(OC)C(C)C)CO1. The first-order valence-corrected chi connectivity index (χ1v) is 7.42. The van der Waals surface area contributed by atoms with Crippen LogP contribution in [0.4, 0.5) is 0 Å². The molecule has 0 N–H and O–H groups in total. The van der Waals surface area contributed by atoms with E-state index in [4.69, 9.17) is 23.7 Å². The van der Waals surface area contributed by atoms with Crippen LogP contribution in [0.2, 0.25) is 0 Å². The lowest BCUT2D eigenvalue weighted by Gasteiger charge is -2.33. The molecule has 124 valence electrons. The molecule has 0 aromatic carbocycles. The Bertz CT molecular complexity index is 320. The summed E-state index contributed by atoms with van der Waals surface area (Å²) in [7, 11) is 1.59. The second-order valence-electron chi connectivity index (χ2n) is 6.15. The summed E-state index contributed by atoms with van der Waals surface area (Å²) in [5, 5.41) is 0. The van der Waals surface area contributed by atoms with Gasteiger partial charge in [0.15, 0.2) is 12.6 Å². The smallest absolute Gasteiger partial charge is 0.313 e. The molecule has 0 aromatic heterocycles. The fourth-order valence-electron chi connectivity index (χ4n) is 1.67. The summed E-state index contributed by atoms with van der Waals surface area (Å²) in [6, 6.07) is 0. The molecule has 1 saturated heterocycles. The van der Waals surface area contributed by atoms with E-state index >= 15 is 0 Å². The van der Waals surface area contributed by atoms with Crippen LogP contribution in [0.25, 0.3) is 0 Å². The lowest BCUT2D eigenvalue weighted by Crippen LogP contribution is -2.43. The van der Waals surface area contributed by atoms with Gasteiger partial charge < -0.3 is 23.7 Å². The van der Waals surface area contributed by atoms with Crippen LogP contribution in [0, 0.1) is 11.3 Å². The number of carbonyl (C=O) groups excluding carboxylic acids is 1. The third kappa shape index (κ3) is 5.54. The van der Waals surface area contributed by atoms with E-state index in [9.17, 15) is 4.79 Å². The standard InChI is InChI=1S/C15H28O6/c1-7-15(4,5)14(16)21-12-9-18-11(8-19-12)20-13(17-6)10(2)3/h10-13H,7-9H2,1-6H3. The van der Waals surface area contributed by atoms with E-state index in [-0.39, 0.29) is 31.4 Å². The number of hydrogen-bond acceptors (Lipinski definition) is 6. The largest absolute Gasteiger partial charge is 0.433 e. The zero-order valence-corrected chi connectivity index (χ0v) is 13.9. The lowest BCUT2D eigenvalue weighted by molar-refractivity contribution is -0.322. The Morgan fingerprint density at radius 1 is 1.24 bits per heavy atom. The summed E-state index contributed by atoms with van der Waals surface area (Å²) < 4.78 is 27.2. The van der Waals surface area contributed by atoms with Crippen LogP contribution in [0.3, 0.4) is 0 Å². The van der Waals surface area contributed by atoms with E-state index in [2.05, 4.69) is 0 Å². The Labute approximate surface area is 127 Å². The lowest BCUT2D eigenvalue weighted by atomic mass is 9.91. The molecule has 3 atom stereocenters. The molecule has 21 heavy (non-hydrogen) atoms. The van der Waals surface area contributed by atoms with E-state index < -0.39 is 18.0 Å². The first-order valence-electron chi connectivity index (χ1n) is 7.42. The van der Waals surface area contributed by atoms with E-state index in [0.717, 1.165) is 0 Å². The number of rotatable bonds is 7. The molecule has 0 aromatic rings. The van der Waals surface area contributed by atoms with Gasteiger partial charge in [0.25, 0.3) is 0 Å². The van der Waals surface area contributed by atoms with Crippen molar-refractivity contribution in [3.05, 3.63) is 0 Å². The van der Waals surface area contributed by atoms with Gasteiger partial charge in [-0.1, -0.05) is 20.8 Å². The molecule has 6 heteroatoms. The Morgan fingerprint density at radius 3 is 2.24 bits per heavy atom. The average Bonchev–Trinajstić information content (AvgIpc) is 2.45. The monoisotopic (exact) mass is 304 g/mol. The van der Waals surface area contributed by atoms with E-state index in [1.54, 1.807) is 7.11 Å². The first kappa shape index (κ1) is 18.4. The zero-order chi connectivity index (χ0) is 16.0. The minimum Gasteiger partial charge on any atom is -0.433 e. The number of ether oxygens (including phenoxy) is 5. The van der Waals surface area contributed by atoms with Gasteiger partial charge in [0.1, 0.15) is 13.2 Å². The van der Waals surface area contributed by atoms with Crippen molar-refractivity contribution in [2.45, 2.75) is 59.9 Å². The summed E-state index contributed by atoms with van der Waals surface area (Å²) in [6.45, 7) is 9.99. The van der Waals surface area contributed by atoms with Gasteiger partial charge in [0.05, 0.1) is 5.41 Å². The molecule has 0 spiro atoms. The van der Waals surface area contributed by atoms with Gasteiger partial charge in [-0.25, -0.2) is 0 Å². The molecule has 0 bridgehead atoms. The Balaban J connectivity index is 2.37. The van der Waals surface area contributed by atoms with E-state index in [1.807, 2.05) is 34.6 Å². The minimum absolute atomic E-state index is 0.157. The molecule has 0 amide bonds. The maximum absolute atomic E-state index is 11.9. The first-order chi connectivity index (χ1) is 9.80. The second kappa shape index (κ2) is 8.08. The van der Waals surface area contributed by atoms with Crippen molar-refractivity contribution in [3.8, 4) is 0 Å². The van der Waals surface area contributed by atoms with Gasteiger partial charge in [-0.15, -0.1) is 0 Å². The van der Waals surface area contributed by atoms with Gasteiger partial charge in [-0.2, -0.15) is 0 Å². The van der Waals surface area contributed by atoms with Crippen LogP contribution in [-0.4, -0.2) is 45.2 Å². The normalized spacial score (nSPS) is 24.9. The van der Waals surface area contributed by atoms with Gasteiger partial charge in [0, 0.05) is 13.0 Å². The number of methoxy groups -OCH3 is 1. The summed E-state index contributed by atoms with van der Waals surface area (Å²) >= 11 is 0. The van der Waals surface area contributed by atoms with Crippen LogP contribution in [0.1, 0.15) is 41.0 Å². The molecule has 1 fully saturated rings. The third-order valence-electron chi connectivity index (χ3n) is 3.57. The highest BCUT2D eigenvalue weighted by atomic mass is 16.8. The maximum atomic E-state index is 11.9. The fourth-order valence-corrected chi connectivity index (χ4v) is 1.67. The van der Waals surface area contributed by atoms with Crippen LogP contribution in [-0.2, 0) is 28.5 Å². The predicted octanol–water partition coefficient (Wildman–Crippen LogP) is 2.31. The molecule has 1 aliphatic rings. The maximum Gasteiger partial charge on any atom is 0.313 e. The van der Waals surface area contributed by atoms with Crippen molar-refractivity contribution in [1.82, 2.24) is 0 Å². The molecular formula is C15H28O6. The summed E-state index contributed by atoms with van der Waals surface area (Å²) in [5.74, 6) is -0.0746. The van der Waals surface area contributed by atoms with Crippen molar-refractivity contribution < 1.29 is 28.5 Å². The molecule has 1 heterocycles. The highest BCUT2D eigenvalue weighted by molar-refractivity contribution is 5.75. The van der Waals surface area contributed by atoms with Crippen molar-refractivity contribution in [3.63, 3.8) is 0 Å². The van der Waals surface area contributed by atoms with Crippen molar-refractivity contribution >= 4 is 5.97 Å². The van der Waals surface area contributed by atoms with Crippen molar-refractivity contribution in [1.29, 1.82) is 0 Å². The third-order valence-corrected chi connectivity index (χ3v) is 3.57. The molecule has 6 nitrogen and oxygen atoms in total. The Hall–Kier alpha value is -0.690. The van der Waals surface area contributed by atoms with Gasteiger partial charge in [-0.05, 0) is 20.3 Å². The highest BCUT2D eigenvalue weighted by Crippen LogP contribution is 2.23. The van der Waals surface area contributed by atoms with Crippen molar-refractivity contribution in [2.75, 3.05) is 20.3 Å². The molecule has 0 aliphatic carbocycles. The average molecular weight is 304 g/mol. The number of esters is 1. The fraction of sp³-hybridized carbons (Fsp3) is 0.933. The van der Waals surface area contributed by atoms with Gasteiger partial charge in [0.2, 0.25) is 6.29 Å². The molecule has 3 unspecified atom stereocenters. The molecule has 0 radical (unpaired) electrons. The van der Waals surface area contributed by atoms with Crippen LogP contribution >= 0.6 is 0 Å². The van der Waals surface area contributed by atoms with Crippen LogP contribution < -0.4 is 0 Å². The highest BCUT2D eigenvalue weighted by Gasteiger charge is 2.33. The van der Waals surface area contributed by atoms with Crippen molar-refractivity contribution in [2.24, 2.45) is 11.3 Å². The Kier molecular flexibility index (Phi) is 7.06. The summed E-state index contributed by atoms with van der Waals surface area (Å²) in [5.41, 5.74) is -0.518. The van der Waals surface area contributed by atoms with Crippen LogP contribution in [0.5, 0.6) is 0 Å². The second-order valence-corrected chi connectivity index (χ2v) is 6.15. The van der Waals surface area contributed by atoms with Gasteiger partial charge >= 0.3 is 5.97 Å². The summed E-state index contributed by atoms with van der Waals surface area (Å²) in [6.07, 6.45) is -0.832. The minimum atomic E-state index is -0.678. The van der Waals surface area contributed by atoms with E-state index in [1.165, 1.54) is 0 Å². The predicted molar refractivity (Wildman–Crippen MR) is 76.4 cm³/mol. The topological polar surface area (TPSA) is 63.2 Å². The number of hydrogen-bond donors (Lipinski definition) is 0.